The van der Waals surface area contributed by atoms with Gasteiger partial charge in [0.2, 0.25) is 0 Å². The zero-order valence-corrected chi connectivity index (χ0v) is 29.6. The van der Waals surface area contributed by atoms with Crippen molar-refractivity contribution < 1.29 is 38.9 Å². The molecule has 7 aromatic carbocycles. The van der Waals surface area contributed by atoms with Crippen molar-refractivity contribution in [3.8, 4) is 45.3 Å². The Hall–Kier alpha value is -7.86. The van der Waals surface area contributed by atoms with Crippen molar-refractivity contribution >= 4 is 56.5 Å². The molecule has 4 amide bonds. The highest BCUT2D eigenvalue weighted by atomic mass is 16.5. The van der Waals surface area contributed by atoms with Gasteiger partial charge >= 0.3 is 0 Å². The van der Waals surface area contributed by atoms with Crippen LogP contribution in [-0.2, 0) is 9.59 Å². The third-order valence-electron chi connectivity index (χ3n) is 9.05. The summed E-state index contributed by atoms with van der Waals surface area (Å²) >= 11 is 0. The Balaban J connectivity index is 1.34. The summed E-state index contributed by atoms with van der Waals surface area (Å²) in [5, 5.41) is 29.7. The third kappa shape index (κ3) is 7.22. The average Bonchev–Trinajstić information content (AvgIpc) is 3.20. The Bertz CT molecular complexity index is 2460. The molecule has 7 aromatic rings. The molecule has 0 heterocycles. The number of hydrogen-bond acceptors (Lipinski definition) is 8. The molecule has 0 radical (unpaired) electrons. The van der Waals surface area contributed by atoms with Gasteiger partial charge in [-0.1, -0.05) is 109 Å². The lowest BCUT2D eigenvalue weighted by Crippen LogP contribution is -2.21. The van der Waals surface area contributed by atoms with E-state index in [1.54, 1.807) is 121 Å². The molecule has 0 saturated heterocycles. The summed E-state index contributed by atoms with van der Waals surface area (Å²) in [7, 11) is 0. The van der Waals surface area contributed by atoms with Crippen molar-refractivity contribution in [2.45, 2.75) is 0 Å². The first-order valence-electron chi connectivity index (χ1n) is 17.3. The first-order chi connectivity index (χ1) is 27.1. The fourth-order valence-corrected chi connectivity index (χ4v) is 6.62. The first-order valence-corrected chi connectivity index (χ1v) is 17.3. The van der Waals surface area contributed by atoms with Crippen LogP contribution in [0.2, 0.25) is 0 Å². The lowest BCUT2D eigenvalue weighted by atomic mass is 9.89. The lowest BCUT2D eigenvalue weighted by Gasteiger charge is -2.21. The van der Waals surface area contributed by atoms with E-state index in [9.17, 15) is 29.4 Å². The van der Waals surface area contributed by atoms with Crippen LogP contribution in [0.1, 0.15) is 20.7 Å². The number of nitrogens with two attached hydrogens (primary N) is 2. The van der Waals surface area contributed by atoms with Crippen molar-refractivity contribution in [2.75, 3.05) is 23.8 Å². The van der Waals surface area contributed by atoms with E-state index in [2.05, 4.69) is 10.6 Å². The van der Waals surface area contributed by atoms with Crippen LogP contribution < -0.4 is 31.6 Å². The molecule has 0 bridgehead atoms. The SMILES string of the molecule is NC(=O)c1c(-c2ccc(-c3c(C(N)=O)c(O)c4ccccc4c3OCC(=O)Nc3ccccc3)cc2)c(OCC(=O)Nc2ccccc2)c2ccccc2c1O. The lowest BCUT2D eigenvalue weighted by molar-refractivity contribution is -0.118. The Morgan fingerprint density at radius 3 is 1.12 bits per heavy atom. The van der Waals surface area contributed by atoms with Crippen LogP contribution in [0.4, 0.5) is 11.4 Å². The van der Waals surface area contributed by atoms with Crippen LogP contribution in [0.3, 0.4) is 0 Å². The van der Waals surface area contributed by atoms with E-state index in [-0.39, 0.29) is 56.0 Å². The number of anilines is 2. The maximum Gasteiger partial charge on any atom is 0.262 e. The average molecular weight is 747 g/mol. The monoisotopic (exact) mass is 746 g/mol. The molecule has 0 fully saturated rings. The zero-order valence-electron chi connectivity index (χ0n) is 29.6. The Labute approximate surface area is 319 Å². The molecule has 0 aromatic heterocycles. The predicted molar refractivity (Wildman–Crippen MR) is 214 cm³/mol. The normalized spacial score (nSPS) is 10.9. The largest absolute Gasteiger partial charge is 0.506 e. The molecule has 8 N–H and O–H groups in total. The quantitative estimate of drug-likeness (QED) is 0.0769. The smallest absolute Gasteiger partial charge is 0.262 e. The van der Waals surface area contributed by atoms with Crippen molar-refractivity contribution in [1.82, 2.24) is 0 Å². The minimum Gasteiger partial charge on any atom is -0.506 e. The van der Waals surface area contributed by atoms with Gasteiger partial charge in [-0.15, -0.1) is 0 Å². The van der Waals surface area contributed by atoms with Crippen molar-refractivity contribution in [3.05, 3.63) is 145 Å². The number of hydrogen-bond donors (Lipinski definition) is 6. The minimum atomic E-state index is -0.953. The van der Waals surface area contributed by atoms with Crippen molar-refractivity contribution in [1.29, 1.82) is 0 Å². The van der Waals surface area contributed by atoms with Crippen LogP contribution in [0.15, 0.2) is 133 Å². The summed E-state index contributed by atoms with van der Waals surface area (Å²) in [4.78, 5) is 52.1. The summed E-state index contributed by atoms with van der Waals surface area (Å²) in [6, 6.07) is 37.3. The highest BCUT2D eigenvalue weighted by molar-refractivity contribution is 6.14. The van der Waals surface area contributed by atoms with Gasteiger partial charge in [0.25, 0.3) is 23.6 Å². The summed E-state index contributed by atoms with van der Waals surface area (Å²) in [5.41, 5.74) is 13.3. The van der Waals surface area contributed by atoms with Crippen LogP contribution in [0, 0.1) is 0 Å². The summed E-state index contributed by atoms with van der Waals surface area (Å²) < 4.78 is 12.3. The number of phenols is 2. The molecular formula is C44H34N4O8. The Kier molecular flexibility index (Phi) is 10.2. The highest BCUT2D eigenvalue weighted by Crippen LogP contribution is 2.48. The number of aromatic hydroxyl groups is 2. The predicted octanol–water partition coefficient (Wildman–Crippen LogP) is 6.97. The molecule has 0 aliphatic rings. The molecule has 0 atom stereocenters. The second-order valence-electron chi connectivity index (χ2n) is 12.7. The van der Waals surface area contributed by atoms with Gasteiger partial charge in [-0.25, -0.2) is 0 Å². The molecule has 56 heavy (non-hydrogen) atoms. The van der Waals surface area contributed by atoms with Crippen LogP contribution in [0.5, 0.6) is 23.0 Å². The van der Waals surface area contributed by atoms with E-state index in [0.29, 0.717) is 33.3 Å². The zero-order chi connectivity index (χ0) is 39.3. The fourth-order valence-electron chi connectivity index (χ4n) is 6.62. The van der Waals surface area contributed by atoms with E-state index in [0.717, 1.165) is 0 Å². The third-order valence-corrected chi connectivity index (χ3v) is 9.05. The molecule has 278 valence electrons. The number of carbonyl (C=O) groups is 4. The van der Waals surface area contributed by atoms with E-state index < -0.39 is 36.8 Å². The van der Waals surface area contributed by atoms with Gasteiger partial charge in [-0.3, -0.25) is 19.2 Å². The fraction of sp³-hybridized carbons (Fsp3) is 0.0455. The number of nitrogens with one attached hydrogen (secondary N) is 2. The maximum atomic E-state index is 13.0. The summed E-state index contributed by atoms with van der Waals surface area (Å²) in [6.45, 7) is -0.909. The molecule has 0 saturated carbocycles. The maximum absolute atomic E-state index is 13.0. The molecule has 12 nitrogen and oxygen atoms in total. The van der Waals surface area contributed by atoms with Gasteiger partial charge in [-0.2, -0.15) is 0 Å². The Morgan fingerprint density at radius 2 is 0.786 bits per heavy atom. The minimum absolute atomic E-state index is 0.109. The molecule has 0 aliphatic heterocycles. The van der Waals surface area contributed by atoms with Crippen LogP contribution in [0.25, 0.3) is 43.8 Å². The van der Waals surface area contributed by atoms with Gasteiger partial charge < -0.3 is 41.8 Å². The standard InChI is InChI=1S/C44H34N4O8/c45-43(53)37-35(41(31-17-9-7-15-29(31)39(37)51)55-23-33(49)47-27-11-3-1-4-12-27)25-19-21-26(22-20-25)36-38(44(46)54)40(52)30-16-8-10-18-32(30)42(36)56-24-34(50)48-28-13-5-2-6-14-28/h1-22,51-52H,23-24H2,(H2,45,53)(H2,46,54)(H,47,49)(H,48,50). The molecule has 0 aliphatic carbocycles. The van der Waals surface area contributed by atoms with E-state index in [4.69, 9.17) is 20.9 Å². The number of amides is 4. The number of primary amides is 2. The van der Waals surface area contributed by atoms with E-state index in [1.807, 2.05) is 12.1 Å². The summed E-state index contributed by atoms with van der Waals surface area (Å²) in [5.74, 6) is -3.40. The van der Waals surface area contributed by atoms with E-state index >= 15 is 0 Å². The molecule has 0 spiro atoms. The highest BCUT2D eigenvalue weighted by Gasteiger charge is 2.28. The molecular weight excluding hydrogens is 713 g/mol. The number of carbonyl (C=O) groups excluding carboxylic acids is 4. The number of para-hydroxylation sites is 2. The second kappa shape index (κ2) is 15.6. The number of benzene rings is 7. The van der Waals surface area contributed by atoms with Crippen LogP contribution in [-0.4, -0.2) is 47.1 Å². The summed E-state index contributed by atoms with van der Waals surface area (Å²) in [6.07, 6.45) is 0. The van der Waals surface area contributed by atoms with Gasteiger partial charge in [0.15, 0.2) is 13.2 Å². The molecule has 12 heteroatoms. The van der Waals surface area contributed by atoms with Gasteiger partial charge in [0.1, 0.15) is 23.0 Å². The first kappa shape index (κ1) is 36.5. The Morgan fingerprint density at radius 1 is 0.464 bits per heavy atom. The van der Waals surface area contributed by atoms with Gasteiger partial charge in [-0.05, 0) is 35.4 Å². The van der Waals surface area contributed by atoms with Gasteiger partial charge in [0.05, 0.1) is 11.1 Å². The number of fused-ring (bicyclic) bond motifs is 2. The van der Waals surface area contributed by atoms with Crippen molar-refractivity contribution in [2.24, 2.45) is 11.5 Å². The second-order valence-corrected chi connectivity index (χ2v) is 12.7. The van der Waals surface area contributed by atoms with Crippen LogP contribution >= 0.6 is 0 Å². The topological polar surface area (TPSA) is 203 Å². The van der Waals surface area contributed by atoms with E-state index in [1.165, 1.54) is 0 Å². The number of rotatable bonds is 12. The number of ether oxygens (including phenoxy) is 2. The molecule has 0 unspecified atom stereocenters. The van der Waals surface area contributed by atoms with Crippen molar-refractivity contribution in [3.63, 3.8) is 0 Å². The van der Waals surface area contributed by atoms with Gasteiger partial charge in [0, 0.05) is 44.0 Å². The molecule has 7 rings (SSSR count).